The summed E-state index contributed by atoms with van der Waals surface area (Å²) >= 11 is 16.5. The molecular weight excluding hydrogens is 294 g/mol. The molecule has 0 saturated carbocycles. The molecule has 0 fully saturated rings. The van der Waals surface area contributed by atoms with Gasteiger partial charge in [-0.2, -0.15) is 0 Å². The summed E-state index contributed by atoms with van der Waals surface area (Å²) in [7, 11) is 0. The lowest BCUT2D eigenvalue weighted by Gasteiger charge is -2.11. The Kier molecular flexibility index (Phi) is 5.77. The summed E-state index contributed by atoms with van der Waals surface area (Å²) in [6, 6.07) is 7.82. The van der Waals surface area contributed by atoms with E-state index in [1.54, 1.807) is 0 Å². The second-order valence-corrected chi connectivity index (χ2v) is 6.86. The van der Waals surface area contributed by atoms with Crippen molar-refractivity contribution in [2.24, 2.45) is 0 Å². The number of carbonyl (C=O) groups is 1. The van der Waals surface area contributed by atoms with Gasteiger partial charge in [-0.05, 0) is 17.0 Å². The number of hydrogen-bond donors (Lipinski definition) is 0. The molecule has 0 radical (unpaired) electrons. The summed E-state index contributed by atoms with van der Waals surface area (Å²) in [5.41, 5.74) is 2.11. The quantitative estimate of drug-likeness (QED) is 0.613. The Morgan fingerprint density at radius 1 is 1.22 bits per heavy atom. The molecular formula is C13H15Cl3O2. The van der Waals surface area contributed by atoms with Crippen LogP contribution in [-0.4, -0.2) is 16.4 Å². The second-order valence-electron chi connectivity index (χ2n) is 4.35. The Morgan fingerprint density at radius 3 is 2.22 bits per heavy atom. The fourth-order valence-corrected chi connectivity index (χ4v) is 1.56. The molecule has 0 atom stereocenters. The average molecular weight is 310 g/mol. The molecule has 18 heavy (non-hydrogen) atoms. The standard InChI is InChI=1S/C13H15Cl3O2/c1-9(2)11-5-3-10(4-6-11)7-12(17)18-8-13(14,15)16/h3-6,9H,7-8H2,1-2H3. The largest absolute Gasteiger partial charge is 0.461 e. The number of halogens is 3. The summed E-state index contributed by atoms with van der Waals surface area (Å²) in [6.07, 6.45) is 0.180. The van der Waals surface area contributed by atoms with E-state index in [4.69, 9.17) is 39.5 Å². The van der Waals surface area contributed by atoms with Crippen LogP contribution >= 0.6 is 34.8 Å². The van der Waals surface area contributed by atoms with Crippen molar-refractivity contribution in [1.82, 2.24) is 0 Å². The van der Waals surface area contributed by atoms with Crippen molar-refractivity contribution in [2.45, 2.75) is 30.0 Å². The van der Waals surface area contributed by atoms with E-state index in [9.17, 15) is 4.79 Å². The van der Waals surface area contributed by atoms with Gasteiger partial charge >= 0.3 is 5.97 Å². The number of alkyl halides is 3. The molecule has 0 N–H and O–H groups in total. The smallest absolute Gasteiger partial charge is 0.310 e. The van der Waals surface area contributed by atoms with E-state index in [0.717, 1.165) is 5.56 Å². The summed E-state index contributed by atoms with van der Waals surface area (Å²) in [6.45, 7) is 4.00. The Morgan fingerprint density at radius 2 is 1.78 bits per heavy atom. The molecule has 0 heterocycles. The minimum atomic E-state index is -1.56. The number of benzene rings is 1. The third-order valence-electron chi connectivity index (χ3n) is 2.39. The van der Waals surface area contributed by atoms with Crippen molar-refractivity contribution < 1.29 is 9.53 Å². The van der Waals surface area contributed by atoms with Crippen LogP contribution in [0.4, 0.5) is 0 Å². The minimum Gasteiger partial charge on any atom is -0.461 e. The van der Waals surface area contributed by atoms with Gasteiger partial charge in [-0.25, -0.2) is 0 Å². The van der Waals surface area contributed by atoms with Gasteiger partial charge in [0.1, 0.15) is 6.61 Å². The van der Waals surface area contributed by atoms with Crippen molar-refractivity contribution in [3.8, 4) is 0 Å². The van der Waals surface area contributed by atoms with Crippen LogP contribution < -0.4 is 0 Å². The molecule has 1 aromatic rings. The first-order valence-corrected chi connectivity index (χ1v) is 6.72. The summed E-state index contributed by atoms with van der Waals surface area (Å²) in [5, 5.41) is 0. The van der Waals surface area contributed by atoms with Crippen LogP contribution in [0, 0.1) is 0 Å². The molecule has 0 amide bonds. The number of rotatable bonds is 4. The van der Waals surface area contributed by atoms with Crippen molar-refractivity contribution in [2.75, 3.05) is 6.61 Å². The minimum absolute atomic E-state index is 0.180. The predicted molar refractivity (Wildman–Crippen MR) is 75.5 cm³/mol. The Balaban J connectivity index is 2.50. The van der Waals surface area contributed by atoms with E-state index in [1.165, 1.54) is 5.56 Å². The van der Waals surface area contributed by atoms with Crippen LogP contribution in [0.1, 0.15) is 30.9 Å². The SMILES string of the molecule is CC(C)c1ccc(CC(=O)OCC(Cl)(Cl)Cl)cc1. The predicted octanol–water partition coefficient (Wildman–Crippen LogP) is 4.27. The molecule has 1 rings (SSSR count). The van der Waals surface area contributed by atoms with Gasteiger partial charge < -0.3 is 4.74 Å². The zero-order chi connectivity index (χ0) is 13.8. The Hall–Kier alpha value is -0.440. The van der Waals surface area contributed by atoms with Gasteiger partial charge in [-0.15, -0.1) is 0 Å². The maximum Gasteiger partial charge on any atom is 0.310 e. The van der Waals surface area contributed by atoms with Gasteiger partial charge in [-0.1, -0.05) is 72.9 Å². The van der Waals surface area contributed by atoms with Crippen LogP contribution in [0.25, 0.3) is 0 Å². The van der Waals surface area contributed by atoms with Crippen molar-refractivity contribution in [3.63, 3.8) is 0 Å². The first-order valence-electron chi connectivity index (χ1n) is 5.59. The maximum absolute atomic E-state index is 11.5. The van der Waals surface area contributed by atoms with Crippen molar-refractivity contribution in [3.05, 3.63) is 35.4 Å². The third-order valence-corrected chi connectivity index (χ3v) is 2.72. The molecule has 1 aromatic carbocycles. The Bertz CT molecular complexity index is 394. The number of esters is 1. The van der Waals surface area contributed by atoms with Crippen LogP contribution in [0.3, 0.4) is 0 Å². The first-order chi connectivity index (χ1) is 8.28. The lowest BCUT2D eigenvalue weighted by molar-refractivity contribution is -0.142. The average Bonchev–Trinajstić information content (AvgIpc) is 2.26. The highest BCUT2D eigenvalue weighted by Crippen LogP contribution is 2.26. The molecule has 2 nitrogen and oxygen atoms in total. The third kappa shape index (κ3) is 5.94. The fourth-order valence-electron chi connectivity index (χ4n) is 1.40. The van der Waals surface area contributed by atoms with Gasteiger partial charge in [-0.3, -0.25) is 4.79 Å². The molecule has 0 aliphatic heterocycles. The highest BCUT2D eigenvalue weighted by molar-refractivity contribution is 6.67. The van der Waals surface area contributed by atoms with E-state index in [2.05, 4.69) is 13.8 Å². The highest BCUT2D eigenvalue weighted by atomic mass is 35.6. The topological polar surface area (TPSA) is 26.3 Å². The molecule has 0 aliphatic rings. The lowest BCUT2D eigenvalue weighted by atomic mass is 10.0. The van der Waals surface area contributed by atoms with E-state index >= 15 is 0 Å². The van der Waals surface area contributed by atoms with E-state index in [1.807, 2.05) is 24.3 Å². The first kappa shape index (κ1) is 15.6. The van der Waals surface area contributed by atoms with Crippen molar-refractivity contribution in [1.29, 1.82) is 0 Å². The monoisotopic (exact) mass is 308 g/mol. The number of hydrogen-bond acceptors (Lipinski definition) is 2. The van der Waals surface area contributed by atoms with Gasteiger partial charge in [0.05, 0.1) is 6.42 Å². The van der Waals surface area contributed by atoms with Gasteiger partial charge in [0.25, 0.3) is 0 Å². The number of ether oxygens (including phenoxy) is 1. The van der Waals surface area contributed by atoms with Gasteiger partial charge in [0.15, 0.2) is 0 Å². The van der Waals surface area contributed by atoms with E-state index in [0.29, 0.717) is 5.92 Å². The zero-order valence-electron chi connectivity index (χ0n) is 10.3. The Labute approximate surface area is 122 Å². The summed E-state index contributed by atoms with van der Waals surface area (Å²) < 4.78 is 3.29. The van der Waals surface area contributed by atoms with Gasteiger partial charge in [0, 0.05) is 0 Å². The molecule has 0 saturated heterocycles. The summed E-state index contributed by atoms with van der Waals surface area (Å²) in [5.74, 6) is 0.0639. The van der Waals surface area contributed by atoms with Crippen LogP contribution in [0.15, 0.2) is 24.3 Å². The molecule has 0 aromatic heterocycles. The second kappa shape index (κ2) is 6.65. The van der Waals surface area contributed by atoms with Gasteiger partial charge in [0.2, 0.25) is 3.79 Å². The molecule has 0 bridgehead atoms. The number of carbonyl (C=O) groups excluding carboxylic acids is 1. The zero-order valence-corrected chi connectivity index (χ0v) is 12.5. The molecule has 100 valence electrons. The van der Waals surface area contributed by atoms with Crippen LogP contribution in [0.2, 0.25) is 0 Å². The molecule has 0 unspecified atom stereocenters. The van der Waals surface area contributed by atoms with E-state index < -0.39 is 9.76 Å². The van der Waals surface area contributed by atoms with E-state index in [-0.39, 0.29) is 13.0 Å². The normalized spacial score (nSPS) is 11.7. The summed E-state index contributed by atoms with van der Waals surface area (Å²) in [4.78, 5) is 11.5. The fraction of sp³-hybridized carbons (Fsp3) is 0.462. The molecule has 5 heteroatoms. The van der Waals surface area contributed by atoms with Crippen LogP contribution in [-0.2, 0) is 16.0 Å². The lowest BCUT2D eigenvalue weighted by Crippen LogP contribution is -2.18. The molecule has 0 spiro atoms. The highest BCUT2D eigenvalue weighted by Gasteiger charge is 2.22. The van der Waals surface area contributed by atoms with Crippen LogP contribution in [0.5, 0.6) is 0 Å². The van der Waals surface area contributed by atoms with Crippen molar-refractivity contribution >= 4 is 40.8 Å². The maximum atomic E-state index is 11.5. The molecule has 0 aliphatic carbocycles.